The summed E-state index contributed by atoms with van der Waals surface area (Å²) in [6.45, 7) is 3.23. The molecule has 0 bridgehead atoms. The quantitative estimate of drug-likeness (QED) is 0.600. The summed E-state index contributed by atoms with van der Waals surface area (Å²) in [6.07, 6.45) is 0.610. The summed E-state index contributed by atoms with van der Waals surface area (Å²) in [4.78, 5) is 8.62. The van der Waals surface area contributed by atoms with Gasteiger partial charge in [-0.05, 0) is 13.3 Å². The van der Waals surface area contributed by atoms with E-state index < -0.39 is 7.60 Å². The molecule has 0 aromatic heterocycles. The molecule has 2 atom stereocenters. The molecule has 0 spiro atoms. The van der Waals surface area contributed by atoms with Gasteiger partial charge in [0.2, 0.25) is 0 Å². The number of hydrogen-bond acceptors (Lipinski definition) is 3. The lowest BCUT2D eigenvalue weighted by Crippen LogP contribution is -2.16. The third-order valence-corrected chi connectivity index (χ3v) is 1.57. The average molecular weight is 167 g/mol. The van der Waals surface area contributed by atoms with Gasteiger partial charge in [0.15, 0.2) is 0 Å². The van der Waals surface area contributed by atoms with Crippen molar-refractivity contribution < 1.29 is 14.0 Å². The van der Waals surface area contributed by atoms with Crippen molar-refractivity contribution >= 4 is 7.60 Å². The Morgan fingerprint density at radius 1 is 1.80 bits per heavy atom. The van der Waals surface area contributed by atoms with Gasteiger partial charge < -0.3 is 15.2 Å². The molecule has 5 heteroatoms. The normalized spacial score (nSPS) is 20.0. The second-order valence-electron chi connectivity index (χ2n) is 2.40. The van der Waals surface area contributed by atoms with Crippen LogP contribution in [0, 0.1) is 0 Å². The largest absolute Gasteiger partial charge is 0.328 e. The fourth-order valence-corrected chi connectivity index (χ4v) is 0.852. The molecule has 0 aromatic carbocycles. The molecule has 0 saturated heterocycles. The van der Waals surface area contributed by atoms with E-state index in [0.717, 1.165) is 6.66 Å². The van der Waals surface area contributed by atoms with Gasteiger partial charge in [0, 0.05) is 12.7 Å². The molecule has 2 unspecified atom stereocenters. The van der Waals surface area contributed by atoms with Crippen molar-refractivity contribution in [2.45, 2.75) is 19.4 Å². The van der Waals surface area contributed by atoms with Crippen LogP contribution in [-0.2, 0) is 9.09 Å². The van der Waals surface area contributed by atoms with E-state index in [9.17, 15) is 4.57 Å². The predicted molar refractivity (Wildman–Crippen MR) is 40.0 cm³/mol. The highest BCUT2D eigenvalue weighted by Gasteiger charge is 2.08. The second-order valence-corrected chi connectivity index (χ2v) is 4.27. The molecule has 0 rings (SSSR count). The molecular formula is C5H14NO3P. The Morgan fingerprint density at radius 2 is 2.30 bits per heavy atom. The minimum Gasteiger partial charge on any atom is -0.328 e. The van der Waals surface area contributed by atoms with Gasteiger partial charge in [-0.2, -0.15) is 0 Å². The van der Waals surface area contributed by atoms with Crippen LogP contribution in [0.25, 0.3) is 0 Å². The molecule has 0 amide bonds. The zero-order chi connectivity index (χ0) is 8.20. The molecule has 3 N–H and O–H groups in total. The fourth-order valence-electron chi connectivity index (χ4n) is 0.408. The zero-order valence-electron chi connectivity index (χ0n) is 6.28. The second kappa shape index (κ2) is 4.09. The van der Waals surface area contributed by atoms with Crippen molar-refractivity contribution in [3.8, 4) is 0 Å². The SMILES string of the molecule is CC(N)CCOP(C)(=O)O. The van der Waals surface area contributed by atoms with Gasteiger partial charge in [0.25, 0.3) is 0 Å². The van der Waals surface area contributed by atoms with E-state index >= 15 is 0 Å². The first-order chi connectivity index (χ1) is 4.42. The predicted octanol–water partition coefficient (Wildman–Crippen LogP) is 0.556. The van der Waals surface area contributed by atoms with Gasteiger partial charge in [-0.25, -0.2) is 0 Å². The maximum Gasteiger partial charge on any atom is 0.325 e. The number of rotatable bonds is 4. The topological polar surface area (TPSA) is 72.5 Å². The summed E-state index contributed by atoms with van der Waals surface area (Å²) >= 11 is 0. The monoisotopic (exact) mass is 167 g/mol. The molecule has 0 aromatic rings. The summed E-state index contributed by atoms with van der Waals surface area (Å²) in [5.41, 5.74) is 5.37. The highest BCUT2D eigenvalue weighted by atomic mass is 31.2. The van der Waals surface area contributed by atoms with Crippen LogP contribution in [0.1, 0.15) is 13.3 Å². The van der Waals surface area contributed by atoms with Crippen LogP contribution < -0.4 is 5.73 Å². The Hall–Kier alpha value is 0.110. The molecule has 4 nitrogen and oxygen atoms in total. The lowest BCUT2D eigenvalue weighted by Gasteiger charge is -2.07. The average Bonchev–Trinajstić information content (AvgIpc) is 1.59. The highest BCUT2D eigenvalue weighted by Crippen LogP contribution is 2.36. The lowest BCUT2D eigenvalue weighted by molar-refractivity contribution is 0.255. The van der Waals surface area contributed by atoms with Gasteiger partial charge in [-0.15, -0.1) is 0 Å². The molecule has 0 aliphatic heterocycles. The Bertz CT molecular complexity index is 131. The highest BCUT2D eigenvalue weighted by molar-refractivity contribution is 7.51. The van der Waals surface area contributed by atoms with E-state index in [1.54, 1.807) is 0 Å². The number of hydrogen-bond donors (Lipinski definition) is 2. The van der Waals surface area contributed by atoms with Crippen LogP contribution in [0.4, 0.5) is 0 Å². The maximum absolute atomic E-state index is 10.5. The fraction of sp³-hybridized carbons (Fsp3) is 1.00. The van der Waals surface area contributed by atoms with Crippen LogP contribution in [0.3, 0.4) is 0 Å². The smallest absolute Gasteiger partial charge is 0.325 e. The molecule has 0 heterocycles. The van der Waals surface area contributed by atoms with Crippen LogP contribution >= 0.6 is 7.60 Å². The molecule has 10 heavy (non-hydrogen) atoms. The van der Waals surface area contributed by atoms with Gasteiger partial charge >= 0.3 is 7.60 Å². The van der Waals surface area contributed by atoms with Gasteiger partial charge in [0.05, 0.1) is 6.61 Å². The van der Waals surface area contributed by atoms with E-state index in [1.165, 1.54) is 0 Å². The molecule has 0 fully saturated rings. The van der Waals surface area contributed by atoms with Crippen molar-refractivity contribution in [1.82, 2.24) is 0 Å². The summed E-state index contributed by atoms with van der Waals surface area (Å²) in [6, 6.07) is 0.0200. The first-order valence-electron chi connectivity index (χ1n) is 3.12. The van der Waals surface area contributed by atoms with Crippen LogP contribution in [0.15, 0.2) is 0 Å². The van der Waals surface area contributed by atoms with Crippen LogP contribution in [-0.4, -0.2) is 24.2 Å². The Kier molecular flexibility index (Phi) is 4.13. The lowest BCUT2D eigenvalue weighted by atomic mass is 10.3. The minimum atomic E-state index is -3.28. The number of nitrogens with two attached hydrogens (primary N) is 1. The van der Waals surface area contributed by atoms with Gasteiger partial charge in [0.1, 0.15) is 0 Å². The molecule has 0 aliphatic carbocycles. The van der Waals surface area contributed by atoms with Crippen LogP contribution in [0.5, 0.6) is 0 Å². The summed E-state index contributed by atoms with van der Waals surface area (Å²) in [5.74, 6) is 0. The molecule has 0 aliphatic rings. The Balaban J connectivity index is 3.30. The summed E-state index contributed by atoms with van der Waals surface area (Å²) in [7, 11) is -3.28. The van der Waals surface area contributed by atoms with Crippen molar-refractivity contribution in [3.05, 3.63) is 0 Å². The van der Waals surface area contributed by atoms with Crippen molar-refractivity contribution in [2.75, 3.05) is 13.3 Å². The van der Waals surface area contributed by atoms with E-state index in [0.29, 0.717) is 6.42 Å². The minimum absolute atomic E-state index is 0.0200. The first kappa shape index (κ1) is 10.1. The third kappa shape index (κ3) is 8.11. The molecule has 0 saturated carbocycles. The van der Waals surface area contributed by atoms with E-state index in [-0.39, 0.29) is 12.6 Å². The Labute approximate surface area is 60.9 Å². The zero-order valence-corrected chi connectivity index (χ0v) is 7.17. The summed E-state index contributed by atoms with van der Waals surface area (Å²) in [5, 5.41) is 0. The summed E-state index contributed by atoms with van der Waals surface area (Å²) < 4.78 is 15.1. The van der Waals surface area contributed by atoms with Gasteiger partial charge in [-0.1, -0.05) is 0 Å². The van der Waals surface area contributed by atoms with Crippen molar-refractivity contribution in [1.29, 1.82) is 0 Å². The van der Waals surface area contributed by atoms with E-state index in [4.69, 9.17) is 10.6 Å². The standard InChI is InChI=1S/C5H14NO3P/c1-5(6)3-4-9-10(2,7)8/h5H,3-4,6H2,1-2H3,(H,7,8). The molecular weight excluding hydrogens is 153 g/mol. The first-order valence-corrected chi connectivity index (χ1v) is 5.14. The Morgan fingerprint density at radius 3 is 2.60 bits per heavy atom. The van der Waals surface area contributed by atoms with Crippen molar-refractivity contribution in [3.63, 3.8) is 0 Å². The maximum atomic E-state index is 10.5. The van der Waals surface area contributed by atoms with Crippen molar-refractivity contribution in [2.24, 2.45) is 5.73 Å². The third-order valence-electron chi connectivity index (χ3n) is 0.904. The molecule has 0 radical (unpaired) electrons. The molecule has 62 valence electrons. The van der Waals surface area contributed by atoms with E-state index in [2.05, 4.69) is 4.52 Å². The van der Waals surface area contributed by atoms with E-state index in [1.807, 2.05) is 6.92 Å². The van der Waals surface area contributed by atoms with Crippen LogP contribution in [0.2, 0.25) is 0 Å². The van der Waals surface area contributed by atoms with Gasteiger partial charge in [-0.3, -0.25) is 4.57 Å².